The van der Waals surface area contributed by atoms with Gasteiger partial charge in [-0.1, -0.05) is 0 Å². The van der Waals surface area contributed by atoms with Gasteiger partial charge in [0.2, 0.25) is 11.8 Å². The van der Waals surface area contributed by atoms with Crippen molar-refractivity contribution < 1.29 is 4.92 Å². The molecule has 2 aromatic heterocycles. The zero-order chi connectivity index (χ0) is 16.6. The van der Waals surface area contributed by atoms with E-state index in [2.05, 4.69) is 26.8 Å². The van der Waals surface area contributed by atoms with Gasteiger partial charge in [-0.3, -0.25) is 10.1 Å². The summed E-state index contributed by atoms with van der Waals surface area (Å²) in [5.41, 5.74) is 6.43. The van der Waals surface area contributed by atoms with Crippen LogP contribution in [-0.2, 0) is 0 Å². The molecule has 9 nitrogen and oxygen atoms in total. The van der Waals surface area contributed by atoms with Crippen molar-refractivity contribution >= 4 is 33.9 Å². The van der Waals surface area contributed by atoms with E-state index in [1.807, 2.05) is 11.8 Å². The van der Waals surface area contributed by atoms with E-state index in [9.17, 15) is 10.1 Å². The summed E-state index contributed by atoms with van der Waals surface area (Å²) in [6, 6.07) is 0. The van der Waals surface area contributed by atoms with Crippen molar-refractivity contribution in [2.75, 3.05) is 41.7 Å². The van der Waals surface area contributed by atoms with Crippen LogP contribution in [0.4, 0.5) is 22.6 Å². The van der Waals surface area contributed by atoms with Crippen LogP contribution in [0.2, 0.25) is 0 Å². The molecular weight excluding hydrogens is 318 g/mol. The fourth-order valence-electron chi connectivity index (χ4n) is 2.36. The highest BCUT2D eigenvalue weighted by Gasteiger charge is 2.23. The maximum atomic E-state index is 10.8. The molecule has 0 radical (unpaired) electrons. The summed E-state index contributed by atoms with van der Waals surface area (Å²) in [7, 11) is 0. The van der Waals surface area contributed by atoms with Crippen molar-refractivity contribution in [3.63, 3.8) is 0 Å². The number of nitro groups is 1. The molecule has 0 unspecified atom stereocenters. The van der Waals surface area contributed by atoms with Crippen molar-refractivity contribution in [1.82, 2.24) is 15.0 Å². The van der Waals surface area contributed by atoms with Crippen LogP contribution < -0.4 is 15.5 Å². The molecule has 0 aliphatic carbocycles. The second-order valence-corrected chi connectivity index (χ2v) is 6.49. The molecule has 0 atom stereocenters. The van der Waals surface area contributed by atoms with E-state index in [1.54, 1.807) is 11.3 Å². The molecule has 1 saturated heterocycles. The standard InChI is InChI=1S/C13H17N7O2S/c1-8-9(2)23-13(16-8)19-5-3-18(4-6-19)12-15-7-10(20(21)22)11(14)17-12/h7H,3-6H2,1-2H3,(H2,14,15,17). The summed E-state index contributed by atoms with van der Waals surface area (Å²) in [6.07, 6.45) is 1.16. The lowest BCUT2D eigenvalue weighted by Crippen LogP contribution is -2.47. The van der Waals surface area contributed by atoms with E-state index in [1.165, 1.54) is 4.88 Å². The molecule has 1 aliphatic rings. The third kappa shape index (κ3) is 3.02. The highest BCUT2D eigenvalue weighted by atomic mass is 32.1. The topological polar surface area (TPSA) is 114 Å². The molecule has 0 amide bonds. The van der Waals surface area contributed by atoms with Gasteiger partial charge in [-0.05, 0) is 13.8 Å². The Morgan fingerprint density at radius 2 is 1.87 bits per heavy atom. The van der Waals surface area contributed by atoms with Crippen LogP contribution >= 0.6 is 11.3 Å². The quantitative estimate of drug-likeness (QED) is 0.660. The predicted octanol–water partition coefficient (Wildman–Crippen LogP) is 1.37. The summed E-state index contributed by atoms with van der Waals surface area (Å²) < 4.78 is 0. The number of nitrogen functional groups attached to an aromatic ring is 1. The number of anilines is 3. The lowest BCUT2D eigenvalue weighted by molar-refractivity contribution is -0.384. The van der Waals surface area contributed by atoms with E-state index < -0.39 is 4.92 Å². The number of hydrogen-bond donors (Lipinski definition) is 1. The molecule has 0 saturated carbocycles. The third-order valence-electron chi connectivity index (χ3n) is 3.83. The summed E-state index contributed by atoms with van der Waals surface area (Å²) in [6.45, 7) is 7.11. The van der Waals surface area contributed by atoms with Crippen molar-refractivity contribution in [2.45, 2.75) is 13.8 Å². The average Bonchev–Trinajstić information content (AvgIpc) is 2.86. The summed E-state index contributed by atoms with van der Waals surface area (Å²) in [4.78, 5) is 28.3. The van der Waals surface area contributed by atoms with Crippen LogP contribution in [0.3, 0.4) is 0 Å². The average molecular weight is 335 g/mol. The van der Waals surface area contributed by atoms with Gasteiger partial charge in [0, 0.05) is 31.1 Å². The maximum Gasteiger partial charge on any atom is 0.329 e. The monoisotopic (exact) mass is 335 g/mol. The number of nitrogens with zero attached hydrogens (tertiary/aromatic N) is 6. The zero-order valence-electron chi connectivity index (χ0n) is 12.9. The number of piperazine rings is 1. The fraction of sp³-hybridized carbons (Fsp3) is 0.462. The molecule has 10 heteroatoms. The number of rotatable bonds is 3. The van der Waals surface area contributed by atoms with E-state index in [-0.39, 0.29) is 11.5 Å². The van der Waals surface area contributed by atoms with Gasteiger partial charge in [0.15, 0.2) is 5.13 Å². The number of aromatic nitrogens is 3. The lowest BCUT2D eigenvalue weighted by Gasteiger charge is -2.34. The fourth-order valence-corrected chi connectivity index (χ4v) is 3.32. The molecule has 1 aliphatic heterocycles. The third-order valence-corrected chi connectivity index (χ3v) is 4.97. The molecule has 0 spiro atoms. The van der Waals surface area contributed by atoms with Crippen LogP contribution in [0.1, 0.15) is 10.6 Å². The molecule has 0 aromatic carbocycles. The molecule has 3 rings (SSSR count). The Kier molecular flexibility index (Phi) is 3.99. The zero-order valence-corrected chi connectivity index (χ0v) is 13.7. The second-order valence-electron chi connectivity index (χ2n) is 5.31. The van der Waals surface area contributed by atoms with Crippen molar-refractivity contribution in [2.24, 2.45) is 0 Å². The number of nitrogens with two attached hydrogens (primary N) is 1. The Balaban J connectivity index is 1.69. The maximum absolute atomic E-state index is 10.8. The molecule has 2 N–H and O–H groups in total. The van der Waals surface area contributed by atoms with Crippen molar-refractivity contribution in [1.29, 1.82) is 0 Å². The Hall–Kier alpha value is -2.49. The first-order valence-electron chi connectivity index (χ1n) is 7.16. The van der Waals surface area contributed by atoms with Crippen molar-refractivity contribution in [3.05, 3.63) is 26.9 Å². The summed E-state index contributed by atoms with van der Waals surface area (Å²) in [5.74, 6) is 0.327. The van der Waals surface area contributed by atoms with Gasteiger partial charge in [0.25, 0.3) is 0 Å². The minimum absolute atomic E-state index is 0.103. The number of aryl methyl sites for hydroxylation is 2. The Morgan fingerprint density at radius 3 is 2.39 bits per heavy atom. The normalized spacial score (nSPS) is 15.0. The molecule has 3 heterocycles. The second kappa shape index (κ2) is 5.95. The van der Waals surface area contributed by atoms with E-state index in [0.29, 0.717) is 5.95 Å². The summed E-state index contributed by atoms with van der Waals surface area (Å²) in [5, 5.41) is 11.8. The molecule has 1 fully saturated rings. The predicted molar refractivity (Wildman–Crippen MR) is 89.1 cm³/mol. The van der Waals surface area contributed by atoms with Crippen LogP contribution in [0, 0.1) is 24.0 Å². The number of hydrogen-bond acceptors (Lipinski definition) is 9. The Morgan fingerprint density at radius 1 is 1.22 bits per heavy atom. The van der Waals surface area contributed by atoms with E-state index in [4.69, 9.17) is 5.73 Å². The van der Waals surface area contributed by atoms with Crippen molar-refractivity contribution in [3.8, 4) is 0 Å². The molecule has 122 valence electrons. The molecular formula is C13H17N7O2S. The first-order valence-corrected chi connectivity index (χ1v) is 7.98. The van der Waals surface area contributed by atoms with Gasteiger partial charge in [-0.15, -0.1) is 11.3 Å². The first kappa shape index (κ1) is 15.4. The minimum Gasteiger partial charge on any atom is -0.378 e. The van der Waals surface area contributed by atoms with Gasteiger partial charge in [0.1, 0.15) is 6.20 Å². The van der Waals surface area contributed by atoms with Gasteiger partial charge in [-0.2, -0.15) is 4.98 Å². The van der Waals surface area contributed by atoms with Gasteiger partial charge in [0.05, 0.1) is 10.6 Å². The largest absolute Gasteiger partial charge is 0.378 e. The Bertz CT molecular complexity index is 720. The SMILES string of the molecule is Cc1nc(N2CCN(c3ncc([N+](=O)[O-])c(N)n3)CC2)sc1C. The lowest BCUT2D eigenvalue weighted by atomic mass is 10.3. The molecule has 2 aromatic rings. The number of thiazole rings is 1. The van der Waals surface area contributed by atoms with Crippen LogP contribution in [0.25, 0.3) is 0 Å². The van der Waals surface area contributed by atoms with Gasteiger partial charge in [-0.25, -0.2) is 9.97 Å². The summed E-state index contributed by atoms with van der Waals surface area (Å²) >= 11 is 1.70. The first-order chi connectivity index (χ1) is 11.0. The van der Waals surface area contributed by atoms with E-state index >= 15 is 0 Å². The van der Waals surface area contributed by atoms with Crippen LogP contribution in [0.15, 0.2) is 6.20 Å². The van der Waals surface area contributed by atoms with Gasteiger partial charge >= 0.3 is 5.69 Å². The van der Waals surface area contributed by atoms with Crippen LogP contribution in [-0.4, -0.2) is 46.1 Å². The smallest absolute Gasteiger partial charge is 0.329 e. The molecule has 0 bridgehead atoms. The molecule has 23 heavy (non-hydrogen) atoms. The minimum atomic E-state index is -0.579. The highest BCUT2D eigenvalue weighted by molar-refractivity contribution is 7.15. The van der Waals surface area contributed by atoms with Gasteiger partial charge < -0.3 is 15.5 Å². The Labute approximate surface area is 136 Å². The van der Waals surface area contributed by atoms with E-state index in [0.717, 1.165) is 43.2 Å². The van der Waals surface area contributed by atoms with Crippen LogP contribution in [0.5, 0.6) is 0 Å². The highest BCUT2D eigenvalue weighted by Crippen LogP contribution is 2.27.